The van der Waals surface area contributed by atoms with Crippen molar-refractivity contribution in [1.82, 2.24) is 5.32 Å². The molecule has 0 saturated heterocycles. The summed E-state index contributed by atoms with van der Waals surface area (Å²) in [6.07, 6.45) is -3.43. The van der Waals surface area contributed by atoms with Gasteiger partial charge in [0, 0.05) is 6.04 Å². The second-order valence-corrected chi connectivity index (χ2v) is 3.46. The molecule has 1 N–H and O–H groups in total. The van der Waals surface area contributed by atoms with Crippen LogP contribution in [0.25, 0.3) is 0 Å². The average Bonchev–Trinajstić information content (AvgIpc) is 2.81. The van der Waals surface area contributed by atoms with E-state index in [0.29, 0.717) is 5.92 Å². The van der Waals surface area contributed by atoms with E-state index in [1.54, 1.807) is 6.92 Å². The lowest BCUT2D eigenvalue weighted by Crippen LogP contribution is -2.36. The molecule has 0 aliphatic heterocycles. The molecule has 0 bridgehead atoms. The van der Waals surface area contributed by atoms with Gasteiger partial charge in [-0.2, -0.15) is 13.2 Å². The van der Waals surface area contributed by atoms with Crippen molar-refractivity contribution in [3.8, 4) is 0 Å². The topological polar surface area (TPSA) is 38.3 Å². The van der Waals surface area contributed by atoms with Gasteiger partial charge in [-0.1, -0.05) is 0 Å². The molecule has 0 aromatic heterocycles. The summed E-state index contributed by atoms with van der Waals surface area (Å²) >= 11 is 0. The molecular formula is C8H12F3NO2. The van der Waals surface area contributed by atoms with Crippen molar-refractivity contribution in [1.29, 1.82) is 0 Å². The van der Waals surface area contributed by atoms with Crippen molar-refractivity contribution >= 4 is 6.09 Å². The minimum atomic E-state index is -4.46. The highest BCUT2D eigenvalue weighted by atomic mass is 19.4. The predicted octanol–water partition coefficient (Wildman–Crippen LogP) is 2.07. The predicted molar refractivity (Wildman–Crippen MR) is 42.7 cm³/mol. The van der Waals surface area contributed by atoms with Crippen LogP contribution in [0.15, 0.2) is 0 Å². The van der Waals surface area contributed by atoms with E-state index >= 15 is 0 Å². The van der Waals surface area contributed by atoms with Crippen molar-refractivity contribution in [2.75, 3.05) is 6.61 Å². The van der Waals surface area contributed by atoms with Gasteiger partial charge in [-0.25, -0.2) is 4.79 Å². The van der Waals surface area contributed by atoms with E-state index in [1.807, 2.05) is 0 Å². The smallest absolute Gasteiger partial charge is 0.422 e. The number of ether oxygens (including phenoxy) is 1. The molecule has 0 heterocycles. The highest BCUT2D eigenvalue weighted by Gasteiger charge is 2.32. The lowest BCUT2D eigenvalue weighted by atomic mass is 10.2. The Morgan fingerprint density at radius 3 is 2.57 bits per heavy atom. The van der Waals surface area contributed by atoms with Crippen LogP contribution in [-0.4, -0.2) is 24.9 Å². The molecule has 0 spiro atoms. The fourth-order valence-corrected chi connectivity index (χ4v) is 1.09. The Bertz CT molecular complexity index is 213. The number of carbonyl (C=O) groups is 1. The van der Waals surface area contributed by atoms with Crippen molar-refractivity contribution < 1.29 is 22.7 Å². The summed E-state index contributed by atoms with van der Waals surface area (Å²) in [6, 6.07) is -0.101. The number of hydrogen-bond donors (Lipinski definition) is 1. The second kappa shape index (κ2) is 4.06. The van der Waals surface area contributed by atoms with Crippen LogP contribution in [-0.2, 0) is 4.74 Å². The molecule has 1 unspecified atom stereocenters. The maximum Gasteiger partial charge on any atom is 0.422 e. The molecule has 1 atom stereocenters. The molecule has 14 heavy (non-hydrogen) atoms. The maximum atomic E-state index is 11.6. The molecule has 6 heteroatoms. The molecule has 1 aliphatic rings. The van der Waals surface area contributed by atoms with E-state index in [1.165, 1.54) is 0 Å². The summed E-state index contributed by atoms with van der Waals surface area (Å²) < 4.78 is 38.8. The molecule has 1 rings (SSSR count). The minimum Gasteiger partial charge on any atom is -0.440 e. The van der Waals surface area contributed by atoms with Crippen molar-refractivity contribution in [2.24, 2.45) is 5.92 Å². The van der Waals surface area contributed by atoms with Crippen molar-refractivity contribution in [3.05, 3.63) is 0 Å². The van der Waals surface area contributed by atoms with Gasteiger partial charge in [-0.3, -0.25) is 0 Å². The minimum absolute atomic E-state index is 0.101. The third-order valence-corrected chi connectivity index (χ3v) is 2.04. The Balaban J connectivity index is 2.15. The molecule has 3 nitrogen and oxygen atoms in total. The van der Waals surface area contributed by atoms with E-state index in [0.717, 1.165) is 12.8 Å². The fourth-order valence-electron chi connectivity index (χ4n) is 1.09. The lowest BCUT2D eigenvalue weighted by molar-refractivity contribution is -0.160. The van der Waals surface area contributed by atoms with Gasteiger partial charge in [0.25, 0.3) is 0 Å². The molecule has 0 radical (unpaired) electrons. The van der Waals surface area contributed by atoms with Crippen LogP contribution in [0.3, 0.4) is 0 Å². The van der Waals surface area contributed by atoms with Crippen molar-refractivity contribution in [3.63, 3.8) is 0 Å². The molecule has 82 valence electrons. The van der Waals surface area contributed by atoms with Gasteiger partial charge in [0.15, 0.2) is 6.61 Å². The normalized spacial score (nSPS) is 18.9. The third-order valence-electron chi connectivity index (χ3n) is 2.04. The molecule has 0 aromatic rings. The van der Waals surface area contributed by atoms with Gasteiger partial charge in [0.2, 0.25) is 0 Å². The monoisotopic (exact) mass is 211 g/mol. The van der Waals surface area contributed by atoms with Crippen LogP contribution in [0, 0.1) is 5.92 Å². The van der Waals surface area contributed by atoms with Gasteiger partial charge in [-0.05, 0) is 25.7 Å². The first-order valence-corrected chi connectivity index (χ1v) is 4.38. The maximum absolute atomic E-state index is 11.6. The number of nitrogens with one attached hydrogen (secondary N) is 1. The number of halogens is 3. The number of alkyl carbamates (subject to hydrolysis) is 1. The summed E-state index contributed by atoms with van der Waals surface area (Å²) in [4.78, 5) is 10.8. The molecule has 1 amide bonds. The van der Waals surface area contributed by atoms with Gasteiger partial charge in [-0.15, -0.1) is 0 Å². The zero-order valence-corrected chi connectivity index (χ0v) is 7.73. The van der Waals surface area contributed by atoms with Crippen LogP contribution < -0.4 is 5.32 Å². The van der Waals surface area contributed by atoms with Gasteiger partial charge < -0.3 is 10.1 Å². The highest BCUT2D eigenvalue weighted by Crippen LogP contribution is 2.32. The Morgan fingerprint density at radius 2 is 2.14 bits per heavy atom. The summed E-state index contributed by atoms with van der Waals surface area (Å²) in [5, 5.41) is 2.35. The van der Waals surface area contributed by atoms with Gasteiger partial charge >= 0.3 is 12.3 Å². The molecular weight excluding hydrogens is 199 g/mol. The number of alkyl halides is 3. The molecule has 0 aromatic carbocycles. The van der Waals surface area contributed by atoms with Gasteiger partial charge in [0.05, 0.1) is 0 Å². The quantitative estimate of drug-likeness (QED) is 0.776. The summed E-state index contributed by atoms with van der Waals surface area (Å²) in [6.45, 7) is 0.225. The van der Waals surface area contributed by atoms with E-state index in [4.69, 9.17) is 0 Å². The number of carbonyl (C=O) groups excluding carboxylic acids is 1. The summed E-state index contributed by atoms with van der Waals surface area (Å²) in [5.41, 5.74) is 0. The largest absolute Gasteiger partial charge is 0.440 e. The summed E-state index contributed by atoms with van der Waals surface area (Å²) in [7, 11) is 0. The molecule has 1 saturated carbocycles. The van der Waals surface area contributed by atoms with Gasteiger partial charge in [0.1, 0.15) is 0 Å². The number of hydrogen-bond acceptors (Lipinski definition) is 2. The SMILES string of the molecule is CC(NC(=O)OCC(F)(F)F)C1CC1. The fraction of sp³-hybridized carbons (Fsp3) is 0.875. The van der Waals surface area contributed by atoms with Crippen LogP contribution in [0.1, 0.15) is 19.8 Å². The number of amides is 1. The average molecular weight is 211 g/mol. The van der Waals surface area contributed by atoms with E-state index in [2.05, 4.69) is 10.1 Å². The van der Waals surface area contributed by atoms with Crippen LogP contribution in [0.2, 0.25) is 0 Å². The van der Waals surface area contributed by atoms with Crippen LogP contribution in [0.4, 0.5) is 18.0 Å². The van der Waals surface area contributed by atoms with E-state index in [9.17, 15) is 18.0 Å². The Hall–Kier alpha value is -0.940. The zero-order chi connectivity index (χ0) is 10.8. The first-order chi connectivity index (χ1) is 6.38. The lowest BCUT2D eigenvalue weighted by Gasteiger charge is -2.13. The third kappa shape index (κ3) is 4.34. The standard InChI is InChI=1S/C8H12F3NO2/c1-5(6-2-3-6)12-7(13)14-4-8(9,10)11/h5-6H,2-4H2,1H3,(H,12,13). The molecule has 1 aliphatic carbocycles. The Morgan fingerprint density at radius 1 is 1.57 bits per heavy atom. The molecule has 1 fully saturated rings. The highest BCUT2D eigenvalue weighted by molar-refractivity contribution is 5.67. The first kappa shape index (κ1) is 11.1. The second-order valence-electron chi connectivity index (χ2n) is 3.46. The number of rotatable bonds is 3. The van der Waals surface area contributed by atoms with Crippen molar-refractivity contribution in [2.45, 2.75) is 32.0 Å². The summed E-state index contributed by atoms with van der Waals surface area (Å²) in [5.74, 6) is 0.397. The van der Waals surface area contributed by atoms with Crippen LogP contribution in [0.5, 0.6) is 0 Å². The zero-order valence-electron chi connectivity index (χ0n) is 7.73. The van der Waals surface area contributed by atoms with Crippen LogP contribution >= 0.6 is 0 Å². The Kier molecular flexibility index (Phi) is 3.23. The van der Waals surface area contributed by atoms with E-state index in [-0.39, 0.29) is 6.04 Å². The van der Waals surface area contributed by atoms with E-state index < -0.39 is 18.9 Å². The first-order valence-electron chi connectivity index (χ1n) is 4.38. The Labute approximate surface area is 79.6 Å².